The van der Waals surface area contributed by atoms with Crippen LogP contribution in [0.2, 0.25) is 0 Å². The highest BCUT2D eigenvalue weighted by molar-refractivity contribution is 8.00. The molecule has 6 nitrogen and oxygen atoms in total. The minimum atomic E-state index is -3.28. The Morgan fingerprint density at radius 3 is 2.79 bits per heavy atom. The Labute approximate surface area is 146 Å². The first-order valence-corrected chi connectivity index (χ1v) is 10.4. The summed E-state index contributed by atoms with van der Waals surface area (Å²) in [6.45, 7) is 0. The van der Waals surface area contributed by atoms with Gasteiger partial charge >= 0.3 is 5.97 Å². The minimum absolute atomic E-state index is 0.0804. The maximum absolute atomic E-state index is 11.7. The molecule has 0 spiro atoms. The zero-order valence-corrected chi connectivity index (χ0v) is 14.9. The smallest absolute Gasteiger partial charge is 0.313 e. The number of carboxylic acid groups (broad SMARTS) is 1. The van der Waals surface area contributed by atoms with Crippen molar-refractivity contribution in [1.82, 2.24) is 9.97 Å². The predicted molar refractivity (Wildman–Crippen MR) is 94.3 cm³/mol. The molecule has 0 bridgehead atoms. The van der Waals surface area contributed by atoms with E-state index in [1.807, 2.05) is 12.1 Å². The number of hydrogen-bond donors (Lipinski definition) is 1. The second-order valence-corrected chi connectivity index (χ2v) is 9.02. The zero-order valence-electron chi connectivity index (χ0n) is 12.5. The summed E-state index contributed by atoms with van der Waals surface area (Å²) in [5.41, 5.74) is 1.48. The van der Waals surface area contributed by atoms with Crippen molar-refractivity contribution in [3.63, 3.8) is 0 Å². The standard InChI is InChI=1S/C15H12N2O4S3/c1-24(20,21)10-4-2-3-9(5-10)12-6-11-14(23-12)15(17-8-16-11)22-7-13(18)19/h2-6,8H,7H2,1H3,(H,18,19). The number of sulfone groups is 1. The molecule has 0 fully saturated rings. The Kier molecular flexibility index (Phi) is 4.57. The number of thiophene rings is 1. The van der Waals surface area contributed by atoms with Gasteiger partial charge in [0.15, 0.2) is 9.84 Å². The lowest BCUT2D eigenvalue weighted by Crippen LogP contribution is -1.98. The molecule has 24 heavy (non-hydrogen) atoms. The number of carboxylic acids is 1. The van der Waals surface area contributed by atoms with Crippen molar-refractivity contribution in [3.8, 4) is 10.4 Å². The number of thioether (sulfide) groups is 1. The molecule has 3 rings (SSSR count). The van der Waals surface area contributed by atoms with Gasteiger partial charge in [-0.2, -0.15) is 0 Å². The van der Waals surface area contributed by atoms with Crippen molar-refractivity contribution in [2.24, 2.45) is 0 Å². The summed E-state index contributed by atoms with van der Waals surface area (Å²) in [6.07, 6.45) is 2.57. The van der Waals surface area contributed by atoms with Crippen LogP contribution >= 0.6 is 23.1 Å². The highest BCUT2D eigenvalue weighted by Crippen LogP contribution is 2.37. The van der Waals surface area contributed by atoms with Crippen LogP contribution in [0.15, 0.2) is 46.6 Å². The van der Waals surface area contributed by atoms with Gasteiger partial charge in [0, 0.05) is 11.1 Å². The van der Waals surface area contributed by atoms with Crippen LogP contribution in [-0.2, 0) is 14.6 Å². The maximum Gasteiger partial charge on any atom is 0.313 e. The van der Waals surface area contributed by atoms with E-state index in [1.54, 1.807) is 18.2 Å². The summed E-state index contributed by atoms with van der Waals surface area (Å²) in [4.78, 5) is 20.2. The molecular formula is C15H12N2O4S3. The molecule has 2 heterocycles. The normalized spacial score (nSPS) is 11.7. The summed E-state index contributed by atoms with van der Waals surface area (Å²) in [7, 11) is -3.28. The van der Waals surface area contributed by atoms with Gasteiger partial charge in [-0.1, -0.05) is 23.9 Å². The van der Waals surface area contributed by atoms with Crippen LogP contribution in [0, 0.1) is 0 Å². The van der Waals surface area contributed by atoms with Crippen molar-refractivity contribution in [2.75, 3.05) is 12.0 Å². The van der Waals surface area contributed by atoms with Crippen LogP contribution in [0.4, 0.5) is 0 Å². The third-order valence-electron chi connectivity index (χ3n) is 3.16. The third kappa shape index (κ3) is 3.58. The van der Waals surface area contributed by atoms with Gasteiger partial charge < -0.3 is 5.11 Å². The van der Waals surface area contributed by atoms with E-state index in [0.29, 0.717) is 10.5 Å². The van der Waals surface area contributed by atoms with Gasteiger partial charge in [-0.25, -0.2) is 18.4 Å². The Balaban J connectivity index is 2.05. The molecule has 0 saturated carbocycles. The summed E-state index contributed by atoms with van der Waals surface area (Å²) in [5.74, 6) is -0.993. The molecule has 2 aromatic heterocycles. The fourth-order valence-corrected chi connectivity index (χ4v) is 4.67. The first kappa shape index (κ1) is 16.9. The van der Waals surface area contributed by atoms with E-state index in [-0.39, 0.29) is 10.6 Å². The van der Waals surface area contributed by atoms with Crippen LogP contribution < -0.4 is 0 Å². The first-order chi connectivity index (χ1) is 11.3. The van der Waals surface area contributed by atoms with Gasteiger partial charge in [-0.3, -0.25) is 4.79 Å². The summed E-state index contributed by atoms with van der Waals surface area (Å²) in [5, 5.41) is 9.43. The Hall–Kier alpha value is -1.97. The number of hydrogen-bond acceptors (Lipinski definition) is 7. The molecule has 0 atom stereocenters. The van der Waals surface area contributed by atoms with Gasteiger partial charge in [-0.15, -0.1) is 11.3 Å². The molecule has 0 unspecified atom stereocenters. The number of benzene rings is 1. The van der Waals surface area contributed by atoms with Crippen LogP contribution in [0.1, 0.15) is 0 Å². The number of aliphatic carboxylic acids is 1. The lowest BCUT2D eigenvalue weighted by molar-refractivity contribution is -0.133. The molecule has 0 aliphatic carbocycles. The van der Waals surface area contributed by atoms with E-state index in [1.165, 1.54) is 23.9 Å². The van der Waals surface area contributed by atoms with Crippen molar-refractivity contribution in [3.05, 3.63) is 36.7 Å². The van der Waals surface area contributed by atoms with Crippen LogP contribution in [0.3, 0.4) is 0 Å². The van der Waals surface area contributed by atoms with Gasteiger partial charge in [0.25, 0.3) is 0 Å². The summed E-state index contributed by atoms with van der Waals surface area (Å²) >= 11 is 2.55. The van der Waals surface area contributed by atoms with Gasteiger partial charge in [0.2, 0.25) is 0 Å². The van der Waals surface area contributed by atoms with Gasteiger partial charge in [0.1, 0.15) is 11.4 Å². The molecule has 1 aromatic carbocycles. The van der Waals surface area contributed by atoms with Crippen molar-refractivity contribution >= 4 is 49.1 Å². The molecule has 0 aliphatic rings. The molecular weight excluding hydrogens is 368 g/mol. The van der Waals surface area contributed by atoms with Crippen molar-refractivity contribution in [1.29, 1.82) is 0 Å². The first-order valence-electron chi connectivity index (χ1n) is 6.74. The van der Waals surface area contributed by atoms with Crippen molar-refractivity contribution in [2.45, 2.75) is 9.92 Å². The van der Waals surface area contributed by atoms with Crippen LogP contribution in [0.25, 0.3) is 20.7 Å². The van der Waals surface area contributed by atoms with Crippen LogP contribution in [-0.4, -0.2) is 41.5 Å². The highest BCUT2D eigenvalue weighted by Gasteiger charge is 2.14. The highest BCUT2D eigenvalue weighted by atomic mass is 32.2. The van der Waals surface area contributed by atoms with Gasteiger partial charge in [-0.05, 0) is 23.8 Å². The van der Waals surface area contributed by atoms with E-state index >= 15 is 0 Å². The lowest BCUT2D eigenvalue weighted by Gasteiger charge is -2.01. The number of fused-ring (bicyclic) bond motifs is 1. The predicted octanol–water partition coefficient (Wildman–Crippen LogP) is 2.94. The molecule has 3 aromatic rings. The average molecular weight is 380 g/mol. The lowest BCUT2D eigenvalue weighted by atomic mass is 10.2. The van der Waals surface area contributed by atoms with Gasteiger partial charge in [0.05, 0.1) is 20.9 Å². The molecule has 9 heteroatoms. The summed E-state index contributed by atoms with van der Waals surface area (Å²) in [6, 6.07) is 8.56. The van der Waals surface area contributed by atoms with E-state index in [9.17, 15) is 13.2 Å². The van der Waals surface area contributed by atoms with Crippen molar-refractivity contribution < 1.29 is 18.3 Å². The molecule has 124 valence electrons. The van der Waals surface area contributed by atoms with E-state index in [4.69, 9.17) is 5.11 Å². The van der Waals surface area contributed by atoms with E-state index < -0.39 is 15.8 Å². The number of carbonyl (C=O) groups is 1. The fourth-order valence-electron chi connectivity index (χ4n) is 2.09. The third-order valence-corrected chi connectivity index (χ3v) is 6.55. The quantitative estimate of drug-likeness (QED) is 0.537. The Bertz CT molecular complexity index is 1030. The molecule has 0 saturated heterocycles. The zero-order chi connectivity index (χ0) is 17.3. The maximum atomic E-state index is 11.7. The molecule has 0 aliphatic heterocycles. The average Bonchev–Trinajstić information content (AvgIpc) is 2.97. The SMILES string of the molecule is CS(=O)(=O)c1cccc(-c2cc3ncnc(SCC(=O)O)c3s2)c1. The fraction of sp³-hybridized carbons (Fsp3) is 0.133. The minimum Gasteiger partial charge on any atom is -0.481 e. The molecule has 0 amide bonds. The Morgan fingerprint density at radius 1 is 1.29 bits per heavy atom. The summed E-state index contributed by atoms with van der Waals surface area (Å²) < 4.78 is 24.2. The van der Waals surface area contributed by atoms with E-state index in [0.717, 1.165) is 26.9 Å². The molecule has 0 radical (unpaired) electrons. The van der Waals surface area contributed by atoms with Crippen LogP contribution in [0.5, 0.6) is 0 Å². The topological polar surface area (TPSA) is 97.2 Å². The van der Waals surface area contributed by atoms with E-state index in [2.05, 4.69) is 9.97 Å². The second kappa shape index (κ2) is 6.50. The number of nitrogens with zero attached hydrogens (tertiary/aromatic N) is 2. The monoisotopic (exact) mass is 380 g/mol. The Morgan fingerprint density at radius 2 is 2.08 bits per heavy atom. The molecule has 1 N–H and O–H groups in total. The number of aromatic nitrogens is 2. The largest absolute Gasteiger partial charge is 0.481 e. The second-order valence-electron chi connectivity index (χ2n) is 4.99. The number of rotatable bonds is 5.